The molecule has 87 heavy (non-hydrogen) atoms. The van der Waals surface area contributed by atoms with Gasteiger partial charge in [0, 0.05) is 49.3 Å². The summed E-state index contributed by atoms with van der Waals surface area (Å²) in [5.41, 5.74) is 0. The number of ether oxygens (including phenoxy) is 1. The number of nitrogens with one attached hydrogen (secondary N) is 4. The topological polar surface area (TPSA) is 268 Å². The lowest BCUT2D eigenvalue weighted by molar-refractivity contribution is -0.158. The average Bonchev–Trinajstić information content (AvgIpc) is 1.87. The lowest BCUT2D eigenvalue weighted by Crippen LogP contribution is -2.64. The largest absolute Gasteiger partial charge is 0.371 e. The Bertz CT molecular complexity index is 2370. The van der Waals surface area contributed by atoms with Gasteiger partial charge in [-0.3, -0.25) is 52.7 Å². The van der Waals surface area contributed by atoms with Crippen molar-refractivity contribution in [2.45, 2.75) is 223 Å². The molecule has 1 heterocycles. The first-order valence-corrected chi connectivity index (χ1v) is 32.1. The molecule has 23 nitrogen and oxygen atoms in total. The molecule has 0 aliphatic carbocycles. The van der Waals surface area contributed by atoms with Crippen molar-refractivity contribution in [3.63, 3.8) is 0 Å². The molecule has 1 rings (SSSR count). The molecule has 0 aromatic heterocycles. The minimum absolute atomic E-state index is 0.0636. The van der Waals surface area contributed by atoms with E-state index in [0.717, 1.165) is 4.90 Å². The minimum atomic E-state index is -1.38. The summed E-state index contributed by atoms with van der Waals surface area (Å²) < 4.78 is 6.32. The van der Waals surface area contributed by atoms with Crippen LogP contribution in [0.15, 0.2) is 12.2 Å². The van der Waals surface area contributed by atoms with Crippen LogP contribution in [-0.2, 0) is 57.5 Å². The molecule has 0 aromatic rings. The molecule has 13 atom stereocenters. The van der Waals surface area contributed by atoms with Crippen molar-refractivity contribution in [2.24, 2.45) is 41.4 Å². The molecule has 0 bridgehead atoms. The van der Waals surface area contributed by atoms with Gasteiger partial charge in [-0.25, -0.2) is 0 Å². The van der Waals surface area contributed by atoms with Crippen LogP contribution < -0.4 is 21.3 Å². The van der Waals surface area contributed by atoms with Crippen LogP contribution in [0, 0.1) is 41.4 Å². The van der Waals surface area contributed by atoms with Gasteiger partial charge in [-0.15, -0.1) is 9.24 Å². The summed E-state index contributed by atoms with van der Waals surface area (Å²) in [6, 6.07) is -11.9. The molecule has 11 amide bonds. The van der Waals surface area contributed by atoms with Crippen molar-refractivity contribution in [3.8, 4) is 0 Å². The van der Waals surface area contributed by atoms with Crippen LogP contribution in [0.1, 0.15) is 156 Å². The highest BCUT2D eigenvalue weighted by Gasteiger charge is 2.46. The van der Waals surface area contributed by atoms with Crippen molar-refractivity contribution in [2.75, 3.05) is 62.2 Å². The highest BCUT2D eigenvalue weighted by atomic mass is 31.0. The molecule has 0 radical (unpaired) electrons. The zero-order chi connectivity index (χ0) is 67.4. The van der Waals surface area contributed by atoms with Gasteiger partial charge in [0.2, 0.25) is 65.0 Å². The zero-order valence-corrected chi connectivity index (χ0v) is 58.5. The number of carbonyl (C=O) groups is 11. The predicted octanol–water partition coefficient (Wildman–Crippen LogP) is 4.13. The van der Waals surface area contributed by atoms with Crippen molar-refractivity contribution >= 4 is 74.2 Å². The van der Waals surface area contributed by atoms with Crippen LogP contribution in [0.25, 0.3) is 0 Å². The van der Waals surface area contributed by atoms with E-state index in [0.29, 0.717) is 6.42 Å². The molecule has 1 aliphatic heterocycles. The van der Waals surface area contributed by atoms with Crippen LogP contribution in [0.4, 0.5) is 0 Å². The molecule has 1 aliphatic rings. The fourth-order valence-corrected chi connectivity index (χ4v) is 11.3. The van der Waals surface area contributed by atoms with Gasteiger partial charge in [0.05, 0.1) is 19.0 Å². The number of likely N-dealkylation sites (N-methyl/N-ethyl adjacent to an activating group) is 7. The molecular formula is C63H114N11O12P. The lowest BCUT2D eigenvalue weighted by atomic mass is 9.91. The van der Waals surface area contributed by atoms with E-state index >= 15 is 19.2 Å². The van der Waals surface area contributed by atoms with E-state index in [-0.39, 0.29) is 68.0 Å². The van der Waals surface area contributed by atoms with E-state index in [2.05, 4.69) is 30.5 Å². The van der Waals surface area contributed by atoms with Crippen molar-refractivity contribution < 1.29 is 57.5 Å². The van der Waals surface area contributed by atoms with Crippen molar-refractivity contribution in [1.82, 2.24) is 55.6 Å². The van der Waals surface area contributed by atoms with E-state index in [1.165, 1.54) is 92.6 Å². The van der Waals surface area contributed by atoms with E-state index in [4.69, 9.17) is 4.74 Å². The van der Waals surface area contributed by atoms with Crippen LogP contribution >= 0.6 is 9.24 Å². The second-order valence-corrected chi connectivity index (χ2v) is 26.7. The number of nitrogens with zero attached hydrogens (tertiary/aromatic N) is 7. The van der Waals surface area contributed by atoms with E-state index in [9.17, 15) is 33.6 Å². The minimum Gasteiger partial charge on any atom is -0.371 e. The monoisotopic (exact) mass is 1250 g/mol. The standard InChI is InChI=1S/C63H114N11O12P/c1-25-27-28-41(15)53(86-34-87)52-57(79)66-44(26-2)59(81)68(18)33-49(75)69(19)45(29-35(3)4)56(78)67-50(39(11)12)62(84)70(20)46(30-36(5)6)55(77)64-42(16)54(76)65-43(17)58(80)71(21)47(31-37(7)8)60(82)72(22)48(32-38(9)10)61(83)73(23)51(40(13)14)63(85)74(52)24/h25,27,35-48,50-53H,26,28-34,87H2,1-24H3,(H,64,77)(H,65,76)(H,66,79)(H,67,78)/b27-25+. The number of carbonyl (C=O) groups excluding carboxylic acids is 11. The quantitative estimate of drug-likeness (QED) is 0.118. The first-order valence-electron chi connectivity index (χ1n) is 31.2. The average molecular weight is 1250 g/mol. The van der Waals surface area contributed by atoms with Gasteiger partial charge in [0.1, 0.15) is 60.4 Å². The van der Waals surface area contributed by atoms with Crippen LogP contribution in [0.5, 0.6) is 0 Å². The second kappa shape index (κ2) is 36.7. The third kappa shape index (κ3) is 22.7. The van der Waals surface area contributed by atoms with E-state index < -0.39 is 150 Å². The number of hydrogen-bond donors (Lipinski definition) is 4. The highest BCUT2D eigenvalue weighted by Crippen LogP contribution is 2.27. The predicted molar refractivity (Wildman–Crippen MR) is 342 cm³/mol. The normalized spacial score (nSPS) is 26.6. The smallest absolute Gasteiger partial charge is 0.246 e. The van der Waals surface area contributed by atoms with Crippen LogP contribution in [-0.4, -0.2) is 228 Å². The fraction of sp³-hybridized carbons (Fsp3) is 0.794. The van der Waals surface area contributed by atoms with Gasteiger partial charge in [-0.1, -0.05) is 109 Å². The molecule has 0 spiro atoms. The maximum absolute atomic E-state index is 15.4. The third-order valence-electron chi connectivity index (χ3n) is 16.3. The van der Waals surface area contributed by atoms with Gasteiger partial charge in [-0.2, -0.15) is 0 Å². The van der Waals surface area contributed by atoms with Gasteiger partial charge in [-0.05, 0) is 101 Å². The molecule has 4 N–H and O–H groups in total. The van der Waals surface area contributed by atoms with Crippen molar-refractivity contribution in [1.29, 1.82) is 0 Å². The van der Waals surface area contributed by atoms with Crippen LogP contribution in [0.2, 0.25) is 0 Å². The summed E-state index contributed by atoms with van der Waals surface area (Å²) in [6.45, 7) is 29.8. The first-order chi connectivity index (χ1) is 40.2. The Balaban J connectivity index is 4.39. The summed E-state index contributed by atoms with van der Waals surface area (Å²) in [4.78, 5) is 170. The Kier molecular flexibility index (Phi) is 33.5. The lowest BCUT2D eigenvalue weighted by Gasteiger charge is -2.42. The molecule has 0 aromatic carbocycles. The Morgan fingerprint density at radius 2 is 0.908 bits per heavy atom. The molecule has 24 heteroatoms. The second-order valence-electron chi connectivity index (χ2n) is 26.4. The summed E-state index contributed by atoms with van der Waals surface area (Å²) in [6.07, 6.45) is 4.06. The Labute approximate surface area is 523 Å². The van der Waals surface area contributed by atoms with Gasteiger partial charge in [0.25, 0.3) is 0 Å². The molecule has 1 saturated heterocycles. The molecule has 13 unspecified atom stereocenters. The van der Waals surface area contributed by atoms with E-state index in [1.807, 2.05) is 81.4 Å². The summed E-state index contributed by atoms with van der Waals surface area (Å²) in [7, 11) is 12.6. The zero-order valence-electron chi connectivity index (χ0n) is 57.3. The van der Waals surface area contributed by atoms with Gasteiger partial charge >= 0.3 is 0 Å². The Morgan fingerprint density at radius 3 is 1.36 bits per heavy atom. The Hall–Kier alpha value is -5.70. The molecule has 1 fully saturated rings. The third-order valence-corrected chi connectivity index (χ3v) is 16.5. The summed E-state index contributed by atoms with van der Waals surface area (Å²) >= 11 is 0. The fourth-order valence-electron chi connectivity index (χ4n) is 11.0. The molecular weight excluding hydrogens is 1130 g/mol. The first kappa shape index (κ1) is 79.3. The number of allylic oxidation sites excluding steroid dienone is 2. The number of rotatable bonds is 17. The summed E-state index contributed by atoms with van der Waals surface area (Å²) in [5, 5.41) is 11.1. The molecule has 498 valence electrons. The maximum Gasteiger partial charge on any atom is 0.246 e. The van der Waals surface area contributed by atoms with Gasteiger partial charge < -0.3 is 60.3 Å². The number of hydrogen-bond acceptors (Lipinski definition) is 12. The molecule has 0 saturated carbocycles. The van der Waals surface area contributed by atoms with Gasteiger partial charge in [0.15, 0.2) is 0 Å². The van der Waals surface area contributed by atoms with E-state index in [1.54, 1.807) is 34.6 Å². The summed E-state index contributed by atoms with van der Waals surface area (Å²) in [5.74, 6) is -9.00. The van der Waals surface area contributed by atoms with Crippen LogP contribution in [0.3, 0.4) is 0 Å². The maximum atomic E-state index is 15.4. The Morgan fingerprint density at radius 1 is 0.483 bits per heavy atom. The number of amides is 11. The van der Waals surface area contributed by atoms with Crippen molar-refractivity contribution in [3.05, 3.63) is 12.2 Å². The highest BCUT2D eigenvalue weighted by molar-refractivity contribution is 7.16. The SMILES string of the molecule is C/C=C/CC(C)C(OCP)C1C(=O)NC(CC)C(=O)N(C)CC(=O)N(C)C(CC(C)C)C(=O)NC(C(C)C)C(=O)N(C)C(CC(C)C)C(=O)NC(C)C(=O)NC(C)C(=O)N(C)C(CC(C)C)C(=O)N(C)C(CC(C)C)C(=O)N(C)C(C(C)C)C(=O)N1C.